The van der Waals surface area contributed by atoms with Crippen molar-refractivity contribution in [2.45, 2.75) is 20.4 Å². The number of aromatic nitrogens is 2. The van der Waals surface area contributed by atoms with E-state index >= 15 is 0 Å². The van der Waals surface area contributed by atoms with Crippen LogP contribution in [0.4, 0.5) is 0 Å². The molecule has 0 unspecified atom stereocenters. The third kappa shape index (κ3) is 4.02. The molecule has 0 fully saturated rings. The fourth-order valence-corrected chi connectivity index (χ4v) is 1.27. The van der Waals surface area contributed by atoms with E-state index in [1.807, 2.05) is 0 Å². The molecular weight excluding hydrogens is 206 g/mol. The summed E-state index contributed by atoms with van der Waals surface area (Å²) >= 11 is 0. The Balaban J connectivity index is 2.49. The quantitative estimate of drug-likeness (QED) is 0.716. The molecule has 5 nitrogen and oxygen atoms in total. The SMILES string of the molecule is COc1ccc(=O)n(CCNCC(C)C)n1. The highest BCUT2D eigenvalue weighted by Gasteiger charge is 2.00. The van der Waals surface area contributed by atoms with Crippen LogP contribution in [0.3, 0.4) is 0 Å². The third-order valence-electron chi connectivity index (χ3n) is 2.10. The van der Waals surface area contributed by atoms with Crippen LogP contribution in [0.1, 0.15) is 13.8 Å². The molecule has 1 aromatic heterocycles. The van der Waals surface area contributed by atoms with Crippen molar-refractivity contribution in [3.05, 3.63) is 22.5 Å². The summed E-state index contributed by atoms with van der Waals surface area (Å²) in [6, 6.07) is 3.04. The first-order valence-corrected chi connectivity index (χ1v) is 5.46. The van der Waals surface area contributed by atoms with Gasteiger partial charge in [0.05, 0.1) is 13.7 Å². The second kappa shape index (κ2) is 6.27. The lowest BCUT2D eigenvalue weighted by molar-refractivity contribution is 0.373. The lowest BCUT2D eigenvalue weighted by Crippen LogP contribution is -2.30. The van der Waals surface area contributed by atoms with Gasteiger partial charge in [0.1, 0.15) is 0 Å². The number of hydrogen-bond donors (Lipinski definition) is 1. The summed E-state index contributed by atoms with van der Waals surface area (Å²) in [6.07, 6.45) is 0. The standard InChI is InChI=1S/C11H19N3O2/c1-9(2)8-12-6-7-14-11(15)5-4-10(13-14)16-3/h4-5,9,12H,6-8H2,1-3H3. The Morgan fingerprint density at radius 2 is 2.25 bits per heavy atom. The Bertz CT molecular complexity index is 374. The molecule has 0 aliphatic carbocycles. The Morgan fingerprint density at radius 1 is 1.50 bits per heavy atom. The molecule has 0 spiro atoms. The molecule has 1 aromatic rings. The van der Waals surface area contributed by atoms with Crippen molar-refractivity contribution in [2.75, 3.05) is 20.2 Å². The Labute approximate surface area is 95.4 Å². The Kier molecular flexibility index (Phi) is 4.98. The predicted molar refractivity (Wildman–Crippen MR) is 62.8 cm³/mol. The predicted octanol–water partition coefficient (Wildman–Crippen LogP) is 0.497. The number of rotatable bonds is 6. The van der Waals surface area contributed by atoms with Crippen molar-refractivity contribution in [1.82, 2.24) is 15.1 Å². The van der Waals surface area contributed by atoms with Crippen LogP contribution in [0.5, 0.6) is 5.88 Å². The molecule has 1 heterocycles. The lowest BCUT2D eigenvalue weighted by atomic mass is 10.2. The fourth-order valence-electron chi connectivity index (χ4n) is 1.27. The molecule has 0 aliphatic heterocycles. The van der Waals surface area contributed by atoms with Gasteiger partial charge in [-0.25, -0.2) is 4.68 Å². The zero-order valence-corrected chi connectivity index (χ0v) is 10.1. The summed E-state index contributed by atoms with van der Waals surface area (Å²) in [5, 5.41) is 7.31. The van der Waals surface area contributed by atoms with Crippen molar-refractivity contribution in [3.8, 4) is 5.88 Å². The van der Waals surface area contributed by atoms with E-state index in [-0.39, 0.29) is 5.56 Å². The van der Waals surface area contributed by atoms with Crippen molar-refractivity contribution in [3.63, 3.8) is 0 Å². The van der Waals surface area contributed by atoms with Gasteiger partial charge in [-0.1, -0.05) is 13.8 Å². The van der Waals surface area contributed by atoms with Crippen LogP contribution in [0, 0.1) is 5.92 Å². The smallest absolute Gasteiger partial charge is 0.267 e. The maximum Gasteiger partial charge on any atom is 0.267 e. The number of methoxy groups -OCH3 is 1. The number of hydrogen-bond acceptors (Lipinski definition) is 4. The normalized spacial score (nSPS) is 10.8. The van der Waals surface area contributed by atoms with Gasteiger partial charge in [0.15, 0.2) is 0 Å². The summed E-state index contributed by atoms with van der Waals surface area (Å²) in [4.78, 5) is 11.4. The average Bonchev–Trinajstić information content (AvgIpc) is 2.26. The molecule has 0 aliphatic rings. The highest BCUT2D eigenvalue weighted by molar-refractivity contribution is 5.05. The van der Waals surface area contributed by atoms with Gasteiger partial charge < -0.3 is 10.1 Å². The van der Waals surface area contributed by atoms with E-state index in [2.05, 4.69) is 24.3 Å². The highest BCUT2D eigenvalue weighted by Crippen LogP contribution is 1.98. The first kappa shape index (κ1) is 12.7. The summed E-state index contributed by atoms with van der Waals surface area (Å²) in [5.41, 5.74) is -0.104. The highest BCUT2D eigenvalue weighted by atomic mass is 16.5. The first-order valence-electron chi connectivity index (χ1n) is 5.46. The second-order valence-corrected chi connectivity index (χ2v) is 4.04. The van der Waals surface area contributed by atoms with Gasteiger partial charge in [0.2, 0.25) is 5.88 Å². The molecule has 1 rings (SSSR count). The molecule has 0 radical (unpaired) electrons. The van der Waals surface area contributed by atoms with E-state index < -0.39 is 0 Å². The third-order valence-corrected chi connectivity index (χ3v) is 2.10. The van der Waals surface area contributed by atoms with Gasteiger partial charge >= 0.3 is 0 Å². The van der Waals surface area contributed by atoms with Crippen LogP contribution >= 0.6 is 0 Å². The lowest BCUT2D eigenvalue weighted by Gasteiger charge is -2.08. The topological polar surface area (TPSA) is 56.1 Å². The second-order valence-electron chi connectivity index (χ2n) is 4.04. The van der Waals surface area contributed by atoms with Crippen molar-refractivity contribution >= 4 is 0 Å². The van der Waals surface area contributed by atoms with E-state index in [0.29, 0.717) is 18.3 Å². The van der Waals surface area contributed by atoms with Gasteiger partial charge in [-0.15, -0.1) is 5.10 Å². The molecule has 0 aromatic carbocycles. The zero-order valence-electron chi connectivity index (χ0n) is 10.1. The number of nitrogens with one attached hydrogen (secondary N) is 1. The van der Waals surface area contributed by atoms with Gasteiger partial charge in [0.25, 0.3) is 5.56 Å². The number of ether oxygens (including phenoxy) is 1. The van der Waals surface area contributed by atoms with Crippen LogP contribution in [0.2, 0.25) is 0 Å². The minimum atomic E-state index is -0.104. The van der Waals surface area contributed by atoms with Gasteiger partial charge in [-0.3, -0.25) is 4.79 Å². The largest absolute Gasteiger partial charge is 0.480 e. The maximum absolute atomic E-state index is 11.4. The monoisotopic (exact) mass is 225 g/mol. The van der Waals surface area contributed by atoms with Gasteiger partial charge in [-0.05, 0) is 12.5 Å². The Morgan fingerprint density at radius 3 is 2.88 bits per heavy atom. The number of nitrogens with zero attached hydrogens (tertiary/aromatic N) is 2. The van der Waals surface area contributed by atoms with Crippen LogP contribution in [0.15, 0.2) is 16.9 Å². The maximum atomic E-state index is 11.4. The molecule has 0 atom stereocenters. The van der Waals surface area contributed by atoms with Crippen molar-refractivity contribution < 1.29 is 4.74 Å². The summed E-state index contributed by atoms with van der Waals surface area (Å²) < 4.78 is 6.37. The minimum Gasteiger partial charge on any atom is -0.480 e. The van der Waals surface area contributed by atoms with E-state index in [1.54, 1.807) is 6.07 Å². The first-order chi connectivity index (χ1) is 7.63. The van der Waals surface area contributed by atoms with E-state index in [0.717, 1.165) is 13.1 Å². The molecule has 0 saturated carbocycles. The van der Waals surface area contributed by atoms with Crippen LogP contribution in [-0.2, 0) is 6.54 Å². The molecular formula is C11H19N3O2. The Hall–Kier alpha value is -1.36. The van der Waals surface area contributed by atoms with Gasteiger partial charge in [-0.2, -0.15) is 0 Å². The molecule has 0 saturated heterocycles. The fraction of sp³-hybridized carbons (Fsp3) is 0.636. The van der Waals surface area contributed by atoms with E-state index in [9.17, 15) is 4.79 Å². The van der Waals surface area contributed by atoms with Crippen LogP contribution in [-0.4, -0.2) is 30.0 Å². The minimum absolute atomic E-state index is 0.104. The van der Waals surface area contributed by atoms with Crippen molar-refractivity contribution in [1.29, 1.82) is 0 Å². The van der Waals surface area contributed by atoms with E-state index in [1.165, 1.54) is 17.9 Å². The average molecular weight is 225 g/mol. The molecule has 0 amide bonds. The van der Waals surface area contributed by atoms with Crippen LogP contribution in [0.25, 0.3) is 0 Å². The van der Waals surface area contributed by atoms with Crippen molar-refractivity contribution in [2.24, 2.45) is 5.92 Å². The summed E-state index contributed by atoms with van der Waals surface area (Å²) in [6.45, 7) is 6.52. The van der Waals surface area contributed by atoms with Crippen LogP contribution < -0.4 is 15.6 Å². The zero-order chi connectivity index (χ0) is 12.0. The summed E-state index contributed by atoms with van der Waals surface area (Å²) in [7, 11) is 1.54. The van der Waals surface area contributed by atoms with Gasteiger partial charge in [0, 0.05) is 18.7 Å². The molecule has 90 valence electrons. The van der Waals surface area contributed by atoms with E-state index in [4.69, 9.17) is 4.74 Å². The molecule has 5 heteroatoms. The summed E-state index contributed by atoms with van der Waals surface area (Å²) in [5.74, 6) is 1.07. The molecule has 0 bridgehead atoms. The molecule has 1 N–H and O–H groups in total. The molecule has 16 heavy (non-hydrogen) atoms.